The summed E-state index contributed by atoms with van der Waals surface area (Å²) < 4.78 is 11.5. The van der Waals surface area contributed by atoms with Gasteiger partial charge in [0.05, 0.1) is 11.5 Å². The fraction of sp³-hybridized carbons (Fsp3) is 0.381. The third kappa shape index (κ3) is 3.14. The summed E-state index contributed by atoms with van der Waals surface area (Å²) in [4.78, 5) is 12.4. The highest BCUT2D eigenvalue weighted by atomic mass is 16.5. The molecule has 3 unspecified atom stereocenters. The van der Waals surface area contributed by atoms with Gasteiger partial charge in [-0.25, -0.2) is 4.79 Å². The second kappa shape index (κ2) is 6.19. The quantitative estimate of drug-likeness (QED) is 0.562. The number of fused-ring (bicyclic) bond motifs is 3. The third-order valence-electron chi connectivity index (χ3n) is 5.02. The Kier molecular flexibility index (Phi) is 4.00. The lowest BCUT2D eigenvalue weighted by Gasteiger charge is -2.30. The van der Waals surface area contributed by atoms with Gasteiger partial charge in [-0.1, -0.05) is 19.1 Å². The highest BCUT2D eigenvalue weighted by Crippen LogP contribution is 2.30. The second-order valence-corrected chi connectivity index (χ2v) is 7.30. The number of ether oxygens (including phenoxy) is 1. The predicted molar refractivity (Wildman–Crippen MR) is 98.2 cm³/mol. The van der Waals surface area contributed by atoms with E-state index in [0.717, 1.165) is 29.2 Å². The van der Waals surface area contributed by atoms with E-state index in [9.17, 15) is 9.90 Å². The first-order valence-electron chi connectivity index (χ1n) is 8.81. The normalized spacial score (nSPS) is 23.9. The summed E-state index contributed by atoms with van der Waals surface area (Å²) in [6.45, 7) is 4.10. The first-order valence-corrected chi connectivity index (χ1v) is 8.81. The summed E-state index contributed by atoms with van der Waals surface area (Å²) in [5, 5.41) is 12.3. The standard InChI is InChI=1S/C21H22O4/c1-12-3-5-18-17-6-4-15(11-19(17)21(23)25-20(18)9-12)24-16-8-13(2)7-14(22)10-16/h3-6,9,11,13-14,16,22H,7-8,10H2,1-2H3. The van der Waals surface area contributed by atoms with Crippen molar-refractivity contribution in [2.75, 3.05) is 0 Å². The van der Waals surface area contributed by atoms with Crippen LogP contribution in [0.5, 0.6) is 5.75 Å². The van der Waals surface area contributed by atoms with Gasteiger partial charge in [-0.05, 0) is 55.5 Å². The molecule has 0 amide bonds. The Labute approximate surface area is 146 Å². The van der Waals surface area contributed by atoms with Gasteiger partial charge in [0.1, 0.15) is 17.4 Å². The molecule has 0 spiro atoms. The fourth-order valence-corrected chi connectivity index (χ4v) is 3.89. The summed E-state index contributed by atoms with van der Waals surface area (Å²) in [6.07, 6.45) is 2.04. The molecule has 3 atom stereocenters. The van der Waals surface area contributed by atoms with Crippen LogP contribution in [0.15, 0.2) is 45.6 Å². The molecule has 2 aromatic carbocycles. The van der Waals surface area contributed by atoms with Crippen molar-refractivity contribution >= 4 is 21.7 Å². The van der Waals surface area contributed by atoms with E-state index in [0.29, 0.717) is 29.1 Å². The monoisotopic (exact) mass is 338 g/mol. The smallest absolute Gasteiger partial charge is 0.344 e. The van der Waals surface area contributed by atoms with Gasteiger partial charge in [-0.3, -0.25) is 0 Å². The fourth-order valence-electron chi connectivity index (χ4n) is 3.89. The molecule has 1 N–H and O–H groups in total. The molecule has 0 bridgehead atoms. The molecule has 4 nitrogen and oxygen atoms in total. The van der Waals surface area contributed by atoms with Gasteiger partial charge < -0.3 is 14.3 Å². The molecule has 1 fully saturated rings. The minimum Gasteiger partial charge on any atom is -0.490 e. The van der Waals surface area contributed by atoms with Crippen LogP contribution in [0.4, 0.5) is 0 Å². The van der Waals surface area contributed by atoms with Gasteiger partial charge in [0.15, 0.2) is 0 Å². The molecule has 3 aromatic rings. The number of aryl methyl sites for hydroxylation is 1. The highest BCUT2D eigenvalue weighted by molar-refractivity contribution is 6.04. The number of hydrogen-bond donors (Lipinski definition) is 1. The second-order valence-electron chi connectivity index (χ2n) is 7.30. The van der Waals surface area contributed by atoms with Crippen LogP contribution < -0.4 is 10.4 Å². The highest BCUT2D eigenvalue weighted by Gasteiger charge is 2.26. The van der Waals surface area contributed by atoms with E-state index < -0.39 is 0 Å². The molecular weight excluding hydrogens is 316 g/mol. The molecule has 4 heteroatoms. The van der Waals surface area contributed by atoms with Crippen molar-refractivity contribution in [3.05, 3.63) is 52.4 Å². The lowest BCUT2D eigenvalue weighted by molar-refractivity contribution is 0.0309. The number of rotatable bonds is 2. The van der Waals surface area contributed by atoms with Crippen LogP contribution in [-0.4, -0.2) is 17.3 Å². The lowest BCUT2D eigenvalue weighted by atomic mass is 9.86. The van der Waals surface area contributed by atoms with Crippen molar-refractivity contribution < 1.29 is 14.3 Å². The summed E-state index contributed by atoms with van der Waals surface area (Å²) in [5.74, 6) is 1.09. The van der Waals surface area contributed by atoms with E-state index >= 15 is 0 Å². The average Bonchev–Trinajstić information content (AvgIpc) is 2.54. The van der Waals surface area contributed by atoms with Gasteiger partial charge in [0.2, 0.25) is 0 Å². The van der Waals surface area contributed by atoms with Crippen molar-refractivity contribution in [1.29, 1.82) is 0 Å². The zero-order valence-corrected chi connectivity index (χ0v) is 14.5. The Morgan fingerprint density at radius 2 is 1.84 bits per heavy atom. The molecule has 0 saturated heterocycles. The molecule has 1 heterocycles. The molecule has 25 heavy (non-hydrogen) atoms. The van der Waals surface area contributed by atoms with Crippen molar-refractivity contribution in [3.63, 3.8) is 0 Å². The molecule has 1 aromatic heterocycles. The summed E-state index contributed by atoms with van der Waals surface area (Å²) in [5.41, 5.74) is 1.31. The number of aliphatic hydroxyl groups excluding tert-OH is 1. The largest absolute Gasteiger partial charge is 0.490 e. The molecule has 0 aliphatic heterocycles. The van der Waals surface area contributed by atoms with Crippen LogP contribution >= 0.6 is 0 Å². The number of aliphatic hydroxyl groups is 1. The average molecular weight is 338 g/mol. The SMILES string of the molecule is Cc1ccc2c(c1)oc(=O)c1cc(OC3CC(C)CC(O)C3)ccc12. The van der Waals surface area contributed by atoms with E-state index in [1.54, 1.807) is 6.07 Å². The topological polar surface area (TPSA) is 59.7 Å². The van der Waals surface area contributed by atoms with Gasteiger partial charge in [-0.2, -0.15) is 0 Å². The third-order valence-corrected chi connectivity index (χ3v) is 5.02. The molecular formula is C21H22O4. The Bertz CT molecular complexity index is 978. The maximum atomic E-state index is 12.4. The Morgan fingerprint density at radius 3 is 2.64 bits per heavy atom. The lowest BCUT2D eigenvalue weighted by Crippen LogP contribution is -2.32. The van der Waals surface area contributed by atoms with Crippen LogP contribution in [0.25, 0.3) is 21.7 Å². The van der Waals surface area contributed by atoms with E-state index in [-0.39, 0.29) is 17.8 Å². The van der Waals surface area contributed by atoms with Gasteiger partial charge >= 0.3 is 5.63 Å². The maximum Gasteiger partial charge on any atom is 0.344 e. The Balaban J connectivity index is 1.73. The predicted octanol–water partition coefficient (Wildman–Crippen LogP) is 4.18. The molecule has 130 valence electrons. The Hall–Kier alpha value is -2.33. The minimum atomic E-state index is -0.351. The summed E-state index contributed by atoms with van der Waals surface area (Å²) >= 11 is 0. The van der Waals surface area contributed by atoms with Gasteiger partial charge in [0.25, 0.3) is 0 Å². The van der Waals surface area contributed by atoms with E-state index in [1.165, 1.54) is 0 Å². The molecule has 1 saturated carbocycles. The minimum absolute atomic E-state index is 0.0219. The molecule has 1 aliphatic carbocycles. The first-order chi connectivity index (χ1) is 12.0. The van der Waals surface area contributed by atoms with Gasteiger partial charge in [0, 0.05) is 17.2 Å². The van der Waals surface area contributed by atoms with Crippen molar-refractivity contribution in [1.82, 2.24) is 0 Å². The van der Waals surface area contributed by atoms with E-state index in [2.05, 4.69) is 6.92 Å². The van der Waals surface area contributed by atoms with Crippen molar-refractivity contribution in [2.45, 2.75) is 45.3 Å². The van der Waals surface area contributed by atoms with Crippen molar-refractivity contribution in [3.8, 4) is 5.75 Å². The number of benzene rings is 2. The zero-order valence-electron chi connectivity index (χ0n) is 14.5. The maximum absolute atomic E-state index is 12.4. The van der Waals surface area contributed by atoms with E-state index in [4.69, 9.17) is 9.15 Å². The molecule has 0 radical (unpaired) electrons. The van der Waals surface area contributed by atoms with Crippen LogP contribution in [0, 0.1) is 12.8 Å². The summed E-state index contributed by atoms with van der Waals surface area (Å²) in [7, 11) is 0. The number of hydrogen-bond acceptors (Lipinski definition) is 4. The summed E-state index contributed by atoms with van der Waals surface area (Å²) in [6, 6.07) is 11.4. The first kappa shape index (κ1) is 16.2. The van der Waals surface area contributed by atoms with Crippen LogP contribution in [0.2, 0.25) is 0 Å². The zero-order chi connectivity index (χ0) is 17.6. The van der Waals surface area contributed by atoms with E-state index in [1.807, 2.05) is 37.3 Å². The van der Waals surface area contributed by atoms with Crippen LogP contribution in [0.1, 0.15) is 31.7 Å². The van der Waals surface area contributed by atoms with Crippen molar-refractivity contribution in [2.24, 2.45) is 5.92 Å². The Morgan fingerprint density at radius 1 is 1.04 bits per heavy atom. The van der Waals surface area contributed by atoms with Crippen LogP contribution in [-0.2, 0) is 0 Å². The molecule has 4 rings (SSSR count). The van der Waals surface area contributed by atoms with Crippen LogP contribution in [0.3, 0.4) is 0 Å². The molecule has 1 aliphatic rings. The van der Waals surface area contributed by atoms with Gasteiger partial charge in [-0.15, -0.1) is 0 Å².